The molecule has 0 spiro atoms. The molecule has 0 amide bonds. The average Bonchev–Trinajstić information content (AvgIpc) is 0.773. The molecule has 100 heavy (non-hydrogen) atoms. The van der Waals surface area contributed by atoms with Gasteiger partial charge in [0.15, 0.2) is 50.3 Å². The fourth-order valence-corrected chi connectivity index (χ4v) is 13.9. The fraction of sp³-hybridized carbons (Fsp3) is 1.00. The van der Waals surface area contributed by atoms with Gasteiger partial charge in [-0.3, -0.25) is 0 Å². The van der Waals surface area contributed by atoms with Gasteiger partial charge in [0.2, 0.25) is 0 Å². The largest absolute Gasteiger partial charge is 0.394 e. The molecule has 0 aromatic rings. The van der Waals surface area contributed by atoms with Crippen molar-refractivity contribution >= 4 is 0 Å². The maximum Gasteiger partial charge on any atom is 0.187 e. The molecule has 41 heteroatoms. The van der Waals surface area contributed by atoms with Crippen LogP contribution in [0.15, 0.2) is 0 Å². The molecular formula is C59H104O41. The Morgan fingerprint density at radius 3 is 0.540 bits per heavy atom. The van der Waals surface area contributed by atoms with Gasteiger partial charge in [-0.25, -0.2) is 0 Å². The molecule has 40 atom stereocenters. The van der Waals surface area contributed by atoms with E-state index in [0.717, 1.165) is 21.3 Å². The van der Waals surface area contributed by atoms with Gasteiger partial charge in [-0.05, 0) is 6.42 Å². The van der Waals surface area contributed by atoms with Crippen LogP contribution >= 0.6 is 0 Å². The molecule has 0 aliphatic carbocycles. The van der Waals surface area contributed by atoms with E-state index in [9.17, 15) is 86.8 Å². The van der Waals surface area contributed by atoms with Crippen molar-refractivity contribution in [1.82, 2.24) is 0 Å². The summed E-state index contributed by atoms with van der Waals surface area (Å²) in [6.07, 6.45) is -61.6. The summed E-state index contributed by atoms with van der Waals surface area (Å²) in [5, 5.41) is 188. The van der Waals surface area contributed by atoms with Crippen molar-refractivity contribution in [3.8, 4) is 0 Å². The zero-order valence-corrected chi connectivity index (χ0v) is 56.6. The third-order valence-corrected chi connectivity index (χ3v) is 19.1. The van der Waals surface area contributed by atoms with Crippen LogP contribution in [-0.4, -0.2) is 449 Å². The second kappa shape index (κ2) is 38.9. The zero-order valence-electron chi connectivity index (χ0n) is 56.6. The van der Waals surface area contributed by atoms with E-state index in [4.69, 9.17) is 114 Å². The highest BCUT2D eigenvalue weighted by Gasteiger charge is 2.61. The Balaban J connectivity index is 0.898. The number of aliphatic hydroxyl groups excluding tert-OH is 17. The molecule has 8 fully saturated rings. The predicted molar refractivity (Wildman–Crippen MR) is 317 cm³/mol. The number of methoxy groups -OCH3 is 8. The third-order valence-electron chi connectivity index (χ3n) is 19.1. The minimum atomic E-state index is -1.89. The van der Waals surface area contributed by atoms with Crippen molar-refractivity contribution in [2.75, 3.05) is 116 Å². The lowest BCUT2D eigenvalue weighted by Crippen LogP contribution is -2.69. The predicted octanol–water partition coefficient (Wildman–Crippen LogP) is -11.8. The van der Waals surface area contributed by atoms with Crippen LogP contribution in [0.1, 0.15) is 13.3 Å². The molecule has 0 radical (unpaired) electrons. The first kappa shape index (κ1) is 84.0. The van der Waals surface area contributed by atoms with Crippen molar-refractivity contribution in [2.24, 2.45) is 0 Å². The Kier molecular flexibility index (Phi) is 32.7. The number of hydrogen-bond acceptors (Lipinski definition) is 41. The summed E-state index contributed by atoms with van der Waals surface area (Å²) in [7, 11) is 9.49. The minimum Gasteiger partial charge on any atom is -0.394 e. The van der Waals surface area contributed by atoms with Crippen LogP contribution in [0.3, 0.4) is 0 Å². The number of rotatable bonds is 33. The van der Waals surface area contributed by atoms with E-state index < -0.39 is 299 Å². The van der Waals surface area contributed by atoms with Crippen molar-refractivity contribution in [2.45, 2.75) is 259 Å². The molecular weight excluding hydrogens is 1360 g/mol. The van der Waals surface area contributed by atoms with E-state index >= 15 is 0 Å². The van der Waals surface area contributed by atoms with Crippen molar-refractivity contribution in [3.05, 3.63) is 0 Å². The molecule has 0 aromatic heterocycles. The lowest BCUT2D eigenvalue weighted by molar-refractivity contribution is -0.402. The Bertz CT molecular complexity index is 2340. The summed E-state index contributed by atoms with van der Waals surface area (Å²) in [6, 6.07) is 0. The van der Waals surface area contributed by atoms with Gasteiger partial charge in [0.1, 0.15) is 195 Å². The van der Waals surface area contributed by atoms with Crippen LogP contribution in [0.25, 0.3) is 0 Å². The first-order valence-corrected chi connectivity index (χ1v) is 32.7. The highest BCUT2D eigenvalue weighted by atomic mass is 16.8. The third kappa shape index (κ3) is 17.7. The smallest absolute Gasteiger partial charge is 0.187 e. The maximum absolute atomic E-state index is 11.9. The van der Waals surface area contributed by atoms with E-state index in [1.54, 1.807) is 0 Å². The molecule has 586 valence electrons. The number of hydrogen-bond donors (Lipinski definition) is 17. The normalized spacial score (nSPS) is 49.0. The first-order chi connectivity index (χ1) is 48.1. The SMILES string of the molecule is CCCO[C@H]1O[C@H](CO)[C@@H](O[C@H]2O[C@H](CO)[C@@H](O[C@H]3O[C@H](CO)[C@@H](O[C@H]4O[C@H](CO)[C@@H](O[C@H]5O[C@H](CO)[C@@H](O[C@H]6O[C@H](CO)[C@@H](O[C@H]7O[C@H](CO)[C@@H](O[C@H]8O[C@H](CO)[C@@H](O)[C@H](OC)[C@@H]8O)[C@H](OC)[C@@H]7O)[C@H](OC)[C@@H]6O)[C@H](OC)[C@@H]5O)[C@H](OC)[C@@H]4O)[C@H](OC)[C@@H]3O)[C@H](OC)[C@@H]2O)[C@H](OC)[C@@H]1O. The van der Waals surface area contributed by atoms with Crippen LogP contribution in [-0.2, 0) is 114 Å². The Morgan fingerprint density at radius 2 is 0.370 bits per heavy atom. The molecule has 0 saturated carbocycles. The first-order valence-electron chi connectivity index (χ1n) is 32.7. The van der Waals surface area contributed by atoms with E-state index in [1.807, 2.05) is 6.92 Å². The second-order valence-corrected chi connectivity index (χ2v) is 24.9. The molecule has 8 aliphatic heterocycles. The van der Waals surface area contributed by atoms with Crippen LogP contribution in [0.4, 0.5) is 0 Å². The summed E-state index contributed by atoms with van der Waals surface area (Å²) in [5.41, 5.74) is 0. The monoisotopic (exact) mass is 1470 g/mol. The highest BCUT2D eigenvalue weighted by Crippen LogP contribution is 2.41. The van der Waals surface area contributed by atoms with Crippen LogP contribution in [0, 0.1) is 0 Å². The van der Waals surface area contributed by atoms with Gasteiger partial charge < -0.3 is 200 Å². The Hall–Kier alpha value is -1.64. The maximum atomic E-state index is 11.9. The van der Waals surface area contributed by atoms with Gasteiger partial charge in [0.25, 0.3) is 0 Å². The van der Waals surface area contributed by atoms with Crippen molar-refractivity contribution in [1.29, 1.82) is 0 Å². The molecule has 17 N–H and O–H groups in total. The molecule has 0 bridgehead atoms. The zero-order chi connectivity index (χ0) is 73.1. The average molecular weight is 1470 g/mol. The van der Waals surface area contributed by atoms with Crippen molar-refractivity contribution < 1.29 is 200 Å². The highest BCUT2D eigenvalue weighted by molar-refractivity contribution is 5.03. The van der Waals surface area contributed by atoms with Gasteiger partial charge in [-0.15, -0.1) is 0 Å². The molecule has 8 rings (SSSR count). The van der Waals surface area contributed by atoms with Crippen LogP contribution < -0.4 is 0 Å². The van der Waals surface area contributed by atoms with Gasteiger partial charge in [0, 0.05) is 63.5 Å². The molecule has 0 aromatic carbocycles. The quantitative estimate of drug-likeness (QED) is 0.0290. The van der Waals surface area contributed by atoms with E-state index in [1.165, 1.54) is 35.5 Å². The van der Waals surface area contributed by atoms with E-state index in [-0.39, 0.29) is 6.61 Å². The fourth-order valence-electron chi connectivity index (χ4n) is 13.9. The summed E-state index contributed by atoms with van der Waals surface area (Å²) < 4.78 is 141. The summed E-state index contributed by atoms with van der Waals surface area (Å²) >= 11 is 0. The molecule has 8 saturated heterocycles. The molecule has 8 heterocycles. The van der Waals surface area contributed by atoms with Crippen LogP contribution in [0.5, 0.6) is 0 Å². The van der Waals surface area contributed by atoms with Gasteiger partial charge in [-0.1, -0.05) is 6.92 Å². The summed E-state index contributed by atoms with van der Waals surface area (Å²) in [6.45, 7) is -4.46. The van der Waals surface area contributed by atoms with Gasteiger partial charge >= 0.3 is 0 Å². The van der Waals surface area contributed by atoms with Gasteiger partial charge in [0.05, 0.1) is 52.9 Å². The summed E-state index contributed by atoms with van der Waals surface area (Å²) in [4.78, 5) is 0. The summed E-state index contributed by atoms with van der Waals surface area (Å²) in [5.74, 6) is 0. The van der Waals surface area contributed by atoms with Crippen molar-refractivity contribution in [3.63, 3.8) is 0 Å². The van der Waals surface area contributed by atoms with Crippen LogP contribution in [0.2, 0.25) is 0 Å². The number of aliphatic hydroxyl groups is 17. The number of ether oxygens (including phenoxy) is 24. The van der Waals surface area contributed by atoms with E-state index in [2.05, 4.69) is 0 Å². The minimum absolute atomic E-state index is 0.212. The lowest BCUT2D eigenvalue weighted by atomic mass is 9.94. The van der Waals surface area contributed by atoms with Gasteiger partial charge in [-0.2, -0.15) is 0 Å². The van der Waals surface area contributed by atoms with E-state index in [0.29, 0.717) is 6.42 Å². The molecule has 41 nitrogen and oxygen atoms in total. The topological polar surface area (TPSA) is 565 Å². The Labute approximate surface area is 574 Å². The Morgan fingerprint density at radius 1 is 0.210 bits per heavy atom. The molecule has 0 unspecified atom stereocenters. The second-order valence-electron chi connectivity index (χ2n) is 24.9. The lowest BCUT2D eigenvalue weighted by Gasteiger charge is -2.51. The molecule has 8 aliphatic rings. The standard InChI is InChI=1S/C59H104O41/c1-10-11-85-52-30(70)45(78-3)37(21(13-61)87-52)95-54-32(72)47(80-5)39(23(15-63)89-54)97-56-34(74)49(82-7)41(25(17-65)91-56)99-58-36(76)51(84-9)43(27(19-67)93-58)100-59-35(75)50(83-8)42(26(18-66)92-59)98-57-33(73)48(81-6)40(24(16-64)90-57)96-55-31(71)46(79-4)38(22(14-62)88-55)94-53-29(69)44(77-2)28(68)20(12-60)86-53/h20-76H,10-19H2,1-9H3/t20-,21-,22-,23-,24-,25-,26-,27-,28-,29+,30+,31+,32+,33+,34+,35+,36+,37-,38-,39-,40-,41-,42-,43-,44+,45-,46-,47-,48-,49-,50-,51-,52+,53-,54-,55-,56-,57-,58-,59-/m1/s1.